The highest BCUT2D eigenvalue weighted by atomic mass is 32.1. The molecule has 0 fully saturated rings. The van der Waals surface area contributed by atoms with Gasteiger partial charge in [0.1, 0.15) is 5.01 Å². The predicted octanol–water partition coefficient (Wildman–Crippen LogP) is 2.74. The van der Waals surface area contributed by atoms with Crippen LogP contribution in [0.1, 0.15) is 42.8 Å². The fourth-order valence-corrected chi connectivity index (χ4v) is 2.55. The molecule has 1 heterocycles. The number of nitrogens with one attached hydrogen (secondary N) is 1. The zero-order chi connectivity index (χ0) is 11.8. The summed E-state index contributed by atoms with van der Waals surface area (Å²) >= 11 is 1.78. The lowest BCUT2D eigenvalue weighted by Gasteiger charge is -2.01. The van der Waals surface area contributed by atoms with E-state index in [0.29, 0.717) is 6.61 Å². The number of aryl methyl sites for hydroxylation is 1. The van der Waals surface area contributed by atoms with Gasteiger partial charge in [-0.05, 0) is 26.3 Å². The van der Waals surface area contributed by atoms with E-state index in [4.69, 9.17) is 4.74 Å². The maximum absolute atomic E-state index is 5.39. The standard InChI is InChI=1S/C12H22N2OS/c1-4-7-13-8-11-10(5-2)14-12(16-11)9-15-6-3/h13H,4-9H2,1-3H3. The molecule has 1 aromatic rings. The summed E-state index contributed by atoms with van der Waals surface area (Å²) in [7, 11) is 0. The molecule has 92 valence electrons. The number of ether oxygens (including phenoxy) is 1. The largest absolute Gasteiger partial charge is 0.375 e. The molecule has 0 atom stereocenters. The summed E-state index contributed by atoms with van der Waals surface area (Å²) in [4.78, 5) is 5.96. The Morgan fingerprint density at radius 2 is 2.12 bits per heavy atom. The average molecular weight is 242 g/mol. The minimum atomic E-state index is 0.655. The molecule has 0 radical (unpaired) electrons. The van der Waals surface area contributed by atoms with Crippen LogP contribution in [0.15, 0.2) is 0 Å². The zero-order valence-electron chi connectivity index (χ0n) is 10.5. The van der Waals surface area contributed by atoms with Crippen LogP contribution in [-0.2, 0) is 24.3 Å². The molecule has 1 aromatic heterocycles. The molecule has 0 aliphatic heterocycles. The van der Waals surface area contributed by atoms with Gasteiger partial charge < -0.3 is 10.1 Å². The third-order valence-electron chi connectivity index (χ3n) is 2.30. The van der Waals surface area contributed by atoms with Crippen LogP contribution >= 0.6 is 11.3 Å². The first kappa shape index (κ1) is 13.6. The fraction of sp³-hybridized carbons (Fsp3) is 0.750. The number of aromatic nitrogens is 1. The Morgan fingerprint density at radius 3 is 2.75 bits per heavy atom. The molecule has 0 unspecified atom stereocenters. The Hall–Kier alpha value is -0.450. The smallest absolute Gasteiger partial charge is 0.119 e. The van der Waals surface area contributed by atoms with E-state index in [2.05, 4.69) is 24.1 Å². The first-order valence-electron chi connectivity index (χ1n) is 6.07. The van der Waals surface area contributed by atoms with Gasteiger partial charge in [0.25, 0.3) is 0 Å². The van der Waals surface area contributed by atoms with Crippen LogP contribution in [0.25, 0.3) is 0 Å². The maximum atomic E-state index is 5.39. The Labute approximate surface area is 102 Å². The number of nitrogens with zero attached hydrogens (tertiary/aromatic N) is 1. The van der Waals surface area contributed by atoms with Gasteiger partial charge in [-0.2, -0.15) is 0 Å². The van der Waals surface area contributed by atoms with Crippen molar-refractivity contribution in [3.8, 4) is 0 Å². The van der Waals surface area contributed by atoms with E-state index in [1.54, 1.807) is 11.3 Å². The lowest BCUT2D eigenvalue weighted by Crippen LogP contribution is -2.13. The van der Waals surface area contributed by atoms with Crippen LogP contribution in [0, 0.1) is 0 Å². The predicted molar refractivity (Wildman–Crippen MR) is 68.8 cm³/mol. The summed E-state index contributed by atoms with van der Waals surface area (Å²) in [5.41, 5.74) is 1.23. The lowest BCUT2D eigenvalue weighted by atomic mass is 10.3. The van der Waals surface area contributed by atoms with Gasteiger partial charge >= 0.3 is 0 Å². The van der Waals surface area contributed by atoms with Crippen LogP contribution in [0.2, 0.25) is 0 Å². The number of rotatable bonds is 8. The second-order valence-corrected chi connectivity index (χ2v) is 4.81. The van der Waals surface area contributed by atoms with Crippen LogP contribution < -0.4 is 5.32 Å². The second-order valence-electron chi connectivity index (χ2n) is 3.64. The van der Waals surface area contributed by atoms with Crippen LogP contribution in [0.3, 0.4) is 0 Å². The molecule has 0 aliphatic rings. The zero-order valence-corrected chi connectivity index (χ0v) is 11.3. The van der Waals surface area contributed by atoms with Crippen molar-refractivity contribution in [3.63, 3.8) is 0 Å². The van der Waals surface area contributed by atoms with Crippen molar-refractivity contribution >= 4 is 11.3 Å². The molecular formula is C12H22N2OS. The SMILES string of the molecule is CCCNCc1sc(COCC)nc1CC. The minimum absolute atomic E-state index is 0.655. The van der Waals surface area contributed by atoms with Gasteiger partial charge in [-0.3, -0.25) is 0 Å². The number of hydrogen-bond acceptors (Lipinski definition) is 4. The highest BCUT2D eigenvalue weighted by Crippen LogP contribution is 2.19. The second kappa shape index (κ2) is 7.76. The Kier molecular flexibility index (Phi) is 6.61. The third kappa shape index (κ3) is 4.20. The number of hydrogen-bond donors (Lipinski definition) is 1. The Morgan fingerprint density at radius 1 is 1.31 bits per heavy atom. The van der Waals surface area contributed by atoms with Crippen molar-refractivity contribution in [1.82, 2.24) is 10.3 Å². The van der Waals surface area contributed by atoms with Gasteiger partial charge in [0, 0.05) is 18.0 Å². The van der Waals surface area contributed by atoms with E-state index < -0.39 is 0 Å². The van der Waals surface area contributed by atoms with Crippen molar-refractivity contribution in [2.75, 3.05) is 13.2 Å². The van der Waals surface area contributed by atoms with Gasteiger partial charge in [0.2, 0.25) is 0 Å². The molecule has 0 amide bonds. The van der Waals surface area contributed by atoms with Gasteiger partial charge in [-0.15, -0.1) is 11.3 Å². The quantitative estimate of drug-likeness (QED) is 0.712. The van der Waals surface area contributed by atoms with Gasteiger partial charge in [-0.25, -0.2) is 4.98 Å². The van der Waals surface area contributed by atoms with E-state index in [1.807, 2.05) is 6.92 Å². The van der Waals surface area contributed by atoms with Crippen molar-refractivity contribution in [2.45, 2.75) is 46.8 Å². The molecule has 1 N–H and O–H groups in total. The van der Waals surface area contributed by atoms with Crippen LogP contribution in [0.5, 0.6) is 0 Å². The highest BCUT2D eigenvalue weighted by Gasteiger charge is 2.08. The molecular weight excluding hydrogens is 220 g/mol. The third-order valence-corrected chi connectivity index (χ3v) is 3.37. The van der Waals surface area contributed by atoms with Crippen LogP contribution in [-0.4, -0.2) is 18.1 Å². The lowest BCUT2D eigenvalue weighted by molar-refractivity contribution is 0.134. The van der Waals surface area contributed by atoms with Crippen molar-refractivity contribution in [1.29, 1.82) is 0 Å². The highest BCUT2D eigenvalue weighted by molar-refractivity contribution is 7.11. The van der Waals surface area contributed by atoms with E-state index in [1.165, 1.54) is 17.0 Å². The summed E-state index contributed by atoms with van der Waals surface area (Å²) in [5.74, 6) is 0. The molecule has 0 saturated heterocycles. The molecule has 0 aromatic carbocycles. The summed E-state index contributed by atoms with van der Waals surface area (Å²) in [6, 6.07) is 0. The molecule has 0 spiro atoms. The maximum Gasteiger partial charge on any atom is 0.119 e. The Bertz CT molecular complexity index is 299. The van der Waals surface area contributed by atoms with Crippen LogP contribution in [0.4, 0.5) is 0 Å². The molecule has 1 rings (SSSR count). The monoisotopic (exact) mass is 242 g/mol. The first-order chi connectivity index (χ1) is 7.81. The molecule has 16 heavy (non-hydrogen) atoms. The summed E-state index contributed by atoms with van der Waals surface area (Å²) in [6.07, 6.45) is 2.18. The van der Waals surface area contributed by atoms with E-state index >= 15 is 0 Å². The van der Waals surface area contributed by atoms with Gasteiger partial charge in [-0.1, -0.05) is 13.8 Å². The molecule has 3 nitrogen and oxygen atoms in total. The Balaban J connectivity index is 2.55. The normalized spacial score (nSPS) is 10.9. The average Bonchev–Trinajstić information content (AvgIpc) is 2.69. The van der Waals surface area contributed by atoms with E-state index in [9.17, 15) is 0 Å². The summed E-state index contributed by atoms with van der Waals surface area (Å²) in [5, 5.41) is 4.53. The topological polar surface area (TPSA) is 34.1 Å². The fourth-order valence-electron chi connectivity index (χ4n) is 1.48. The van der Waals surface area contributed by atoms with Crippen molar-refractivity contribution in [2.24, 2.45) is 0 Å². The van der Waals surface area contributed by atoms with E-state index in [0.717, 1.165) is 31.1 Å². The van der Waals surface area contributed by atoms with Gasteiger partial charge in [0.05, 0.1) is 12.3 Å². The van der Waals surface area contributed by atoms with Gasteiger partial charge in [0.15, 0.2) is 0 Å². The molecule has 0 bridgehead atoms. The summed E-state index contributed by atoms with van der Waals surface area (Å²) < 4.78 is 5.39. The summed E-state index contributed by atoms with van der Waals surface area (Å²) in [6.45, 7) is 9.77. The molecule has 0 saturated carbocycles. The van der Waals surface area contributed by atoms with E-state index in [-0.39, 0.29) is 0 Å². The van der Waals surface area contributed by atoms with Crippen molar-refractivity contribution < 1.29 is 4.74 Å². The minimum Gasteiger partial charge on any atom is -0.375 e. The first-order valence-corrected chi connectivity index (χ1v) is 6.89. The molecule has 0 aliphatic carbocycles. The van der Waals surface area contributed by atoms with Crippen molar-refractivity contribution in [3.05, 3.63) is 15.6 Å². The number of thiazole rings is 1. The molecule has 4 heteroatoms.